The first-order valence-corrected chi connectivity index (χ1v) is 10.6. The Bertz CT molecular complexity index is 1000. The fourth-order valence-electron chi connectivity index (χ4n) is 3.02. The summed E-state index contributed by atoms with van der Waals surface area (Å²) in [4.78, 5) is 24.1. The molecular formula is C20H21FN2O5S. The maximum atomic E-state index is 13.1. The molecule has 9 heteroatoms. The maximum Gasteiger partial charge on any atom is 0.338 e. The molecule has 1 amide bonds. The number of sulfonamides is 1. The normalized spacial score (nSPS) is 14.9. The minimum Gasteiger partial charge on any atom is -0.452 e. The number of amides is 1. The van der Waals surface area contributed by atoms with Gasteiger partial charge in [0.05, 0.1) is 10.5 Å². The van der Waals surface area contributed by atoms with Crippen molar-refractivity contribution in [1.82, 2.24) is 4.31 Å². The number of piperidine rings is 1. The van der Waals surface area contributed by atoms with E-state index in [0.29, 0.717) is 13.1 Å². The van der Waals surface area contributed by atoms with Crippen molar-refractivity contribution in [3.8, 4) is 0 Å². The lowest BCUT2D eigenvalue weighted by molar-refractivity contribution is -0.119. The molecule has 1 aliphatic heterocycles. The fraction of sp³-hybridized carbons (Fsp3) is 0.300. The van der Waals surface area contributed by atoms with Gasteiger partial charge >= 0.3 is 5.97 Å². The highest BCUT2D eigenvalue weighted by molar-refractivity contribution is 7.89. The van der Waals surface area contributed by atoms with Crippen molar-refractivity contribution in [3.05, 3.63) is 59.9 Å². The molecule has 2 aromatic carbocycles. The highest BCUT2D eigenvalue weighted by atomic mass is 32.2. The van der Waals surface area contributed by atoms with E-state index < -0.39 is 34.3 Å². The second-order valence-corrected chi connectivity index (χ2v) is 8.57. The van der Waals surface area contributed by atoms with Crippen LogP contribution in [0, 0.1) is 5.82 Å². The van der Waals surface area contributed by atoms with E-state index in [-0.39, 0.29) is 16.1 Å². The molecule has 2 aromatic rings. The van der Waals surface area contributed by atoms with Gasteiger partial charge in [0.15, 0.2) is 6.61 Å². The van der Waals surface area contributed by atoms with E-state index >= 15 is 0 Å². The van der Waals surface area contributed by atoms with Gasteiger partial charge in [0.25, 0.3) is 5.91 Å². The Kier molecular flexibility index (Phi) is 6.60. The zero-order valence-corrected chi connectivity index (χ0v) is 16.5. The molecule has 3 rings (SSSR count). The number of hydrogen-bond acceptors (Lipinski definition) is 5. The van der Waals surface area contributed by atoms with Gasteiger partial charge in [-0.3, -0.25) is 4.79 Å². The summed E-state index contributed by atoms with van der Waals surface area (Å²) in [6, 6.07) is 10.9. The Morgan fingerprint density at radius 1 is 1.03 bits per heavy atom. The Hall–Kier alpha value is -2.78. The Labute approximate surface area is 168 Å². The third-order valence-electron chi connectivity index (χ3n) is 4.47. The predicted octanol–water partition coefficient (Wildman–Crippen LogP) is 2.80. The van der Waals surface area contributed by atoms with E-state index in [0.717, 1.165) is 25.3 Å². The lowest BCUT2D eigenvalue weighted by Gasteiger charge is -2.25. The first-order chi connectivity index (χ1) is 13.9. The maximum absolute atomic E-state index is 13.1. The molecule has 0 spiro atoms. The van der Waals surface area contributed by atoms with Crippen LogP contribution in [0.5, 0.6) is 0 Å². The van der Waals surface area contributed by atoms with Crippen LogP contribution >= 0.6 is 0 Å². The number of hydrogen-bond donors (Lipinski definition) is 1. The topological polar surface area (TPSA) is 92.8 Å². The van der Waals surface area contributed by atoms with Crippen molar-refractivity contribution in [2.45, 2.75) is 24.2 Å². The second-order valence-electron chi connectivity index (χ2n) is 6.63. The molecule has 0 aromatic heterocycles. The number of carbonyl (C=O) groups excluding carboxylic acids is 2. The molecule has 1 aliphatic rings. The van der Waals surface area contributed by atoms with Gasteiger partial charge in [0.1, 0.15) is 5.82 Å². The SMILES string of the molecule is O=C(COC(=O)c1cccc(S(=O)(=O)N2CCCCC2)c1)Nc1cccc(F)c1. The molecular weight excluding hydrogens is 399 g/mol. The zero-order chi connectivity index (χ0) is 20.9. The molecule has 0 atom stereocenters. The van der Waals surface area contributed by atoms with E-state index in [4.69, 9.17) is 4.74 Å². The summed E-state index contributed by atoms with van der Waals surface area (Å²) in [5.74, 6) is -1.97. The first-order valence-electron chi connectivity index (χ1n) is 9.19. The van der Waals surface area contributed by atoms with E-state index in [2.05, 4.69) is 5.32 Å². The van der Waals surface area contributed by atoms with E-state index in [1.54, 1.807) is 0 Å². The van der Waals surface area contributed by atoms with Gasteiger partial charge < -0.3 is 10.1 Å². The van der Waals surface area contributed by atoms with Crippen LogP contribution in [0.4, 0.5) is 10.1 Å². The number of halogens is 1. The molecule has 154 valence electrons. The lowest BCUT2D eigenvalue weighted by Crippen LogP contribution is -2.35. The molecule has 1 N–H and O–H groups in total. The summed E-state index contributed by atoms with van der Waals surface area (Å²) < 4.78 is 45.0. The number of nitrogens with zero attached hydrogens (tertiary/aromatic N) is 1. The molecule has 29 heavy (non-hydrogen) atoms. The number of ether oxygens (including phenoxy) is 1. The third kappa shape index (κ3) is 5.39. The fourth-order valence-corrected chi connectivity index (χ4v) is 4.58. The quantitative estimate of drug-likeness (QED) is 0.726. The van der Waals surface area contributed by atoms with Crippen molar-refractivity contribution >= 4 is 27.6 Å². The summed E-state index contributed by atoms with van der Waals surface area (Å²) in [6.07, 6.45) is 2.61. The highest BCUT2D eigenvalue weighted by Gasteiger charge is 2.26. The van der Waals surface area contributed by atoms with E-state index in [9.17, 15) is 22.4 Å². The van der Waals surface area contributed by atoms with Crippen molar-refractivity contribution in [1.29, 1.82) is 0 Å². The third-order valence-corrected chi connectivity index (χ3v) is 6.36. The average Bonchev–Trinajstić information content (AvgIpc) is 2.73. The molecule has 7 nitrogen and oxygen atoms in total. The Morgan fingerprint density at radius 2 is 1.76 bits per heavy atom. The van der Waals surface area contributed by atoms with Crippen LogP contribution < -0.4 is 5.32 Å². The van der Waals surface area contributed by atoms with Gasteiger partial charge in [-0.25, -0.2) is 17.6 Å². The molecule has 0 radical (unpaired) electrons. The Balaban J connectivity index is 1.62. The van der Waals surface area contributed by atoms with Crippen LogP contribution in [-0.2, 0) is 19.6 Å². The van der Waals surface area contributed by atoms with Crippen LogP contribution in [0.1, 0.15) is 29.6 Å². The van der Waals surface area contributed by atoms with Gasteiger partial charge in [-0.2, -0.15) is 4.31 Å². The van der Waals surface area contributed by atoms with Gasteiger partial charge in [-0.15, -0.1) is 0 Å². The van der Waals surface area contributed by atoms with Gasteiger partial charge in [-0.05, 0) is 49.2 Å². The largest absolute Gasteiger partial charge is 0.452 e. The summed E-state index contributed by atoms with van der Waals surface area (Å²) in [7, 11) is -3.68. The number of rotatable bonds is 6. The minimum absolute atomic E-state index is 0.0121. The summed E-state index contributed by atoms with van der Waals surface area (Å²) >= 11 is 0. The number of benzene rings is 2. The summed E-state index contributed by atoms with van der Waals surface area (Å²) in [6.45, 7) is 0.326. The average molecular weight is 420 g/mol. The second kappa shape index (κ2) is 9.15. The summed E-state index contributed by atoms with van der Waals surface area (Å²) in [5, 5.41) is 2.41. The number of anilines is 1. The van der Waals surface area contributed by atoms with Crippen molar-refractivity contribution in [2.75, 3.05) is 25.0 Å². The zero-order valence-electron chi connectivity index (χ0n) is 15.6. The smallest absolute Gasteiger partial charge is 0.338 e. The van der Waals surface area contributed by atoms with Crippen molar-refractivity contribution in [3.63, 3.8) is 0 Å². The van der Waals surface area contributed by atoms with Crippen molar-refractivity contribution in [2.24, 2.45) is 0 Å². The predicted molar refractivity (Wildman–Crippen MR) is 104 cm³/mol. The monoisotopic (exact) mass is 420 g/mol. The first kappa shape index (κ1) is 20.9. The van der Waals surface area contributed by atoms with Crippen LogP contribution in [0.3, 0.4) is 0 Å². The molecule has 1 saturated heterocycles. The van der Waals surface area contributed by atoms with Gasteiger partial charge in [0, 0.05) is 18.8 Å². The number of nitrogens with one attached hydrogen (secondary N) is 1. The van der Waals surface area contributed by atoms with E-state index in [1.165, 1.54) is 46.8 Å². The van der Waals surface area contributed by atoms with Crippen LogP contribution in [0.2, 0.25) is 0 Å². The standard InChI is InChI=1S/C20H21FN2O5S/c21-16-7-5-8-17(13-16)22-19(24)14-28-20(25)15-6-4-9-18(12-15)29(26,27)23-10-2-1-3-11-23/h4-9,12-13H,1-3,10-11,14H2,(H,22,24). The summed E-state index contributed by atoms with van der Waals surface area (Å²) in [5.41, 5.74) is 0.266. The molecule has 0 aliphatic carbocycles. The molecule has 0 bridgehead atoms. The molecule has 1 fully saturated rings. The van der Waals surface area contributed by atoms with Crippen molar-refractivity contribution < 1.29 is 27.1 Å². The lowest BCUT2D eigenvalue weighted by atomic mass is 10.2. The minimum atomic E-state index is -3.68. The van der Waals surface area contributed by atoms with Crippen LogP contribution in [0.25, 0.3) is 0 Å². The molecule has 0 saturated carbocycles. The highest BCUT2D eigenvalue weighted by Crippen LogP contribution is 2.21. The Morgan fingerprint density at radius 3 is 2.48 bits per heavy atom. The number of esters is 1. The van der Waals surface area contributed by atoms with Gasteiger partial charge in [-0.1, -0.05) is 18.6 Å². The molecule has 0 unspecified atom stereocenters. The van der Waals surface area contributed by atoms with Crippen LogP contribution in [-0.4, -0.2) is 44.3 Å². The van der Waals surface area contributed by atoms with E-state index in [1.807, 2.05) is 0 Å². The number of carbonyl (C=O) groups is 2. The molecule has 1 heterocycles. The van der Waals surface area contributed by atoms with Gasteiger partial charge in [0.2, 0.25) is 10.0 Å². The van der Waals surface area contributed by atoms with Crippen LogP contribution in [0.15, 0.2) is 53.4 Å².